The Bertz CT molecular complexity index is 500. The van der Waals surface area contributed by atoms with Crippen LogP contribution in [0.2, 0.25) is 0 Å². The van der Waals surface area contributed by atoms with Gasteiger partial charge < -0.3 is 5.32 Å². The summed E-state index contributed by atoms with van der Waals surface area (Å²) in [6, 6.07) is 0.350. The van der Waals surface area contributed by atoms with Crippen LogP contribution >= 0.6 is 0 Å². The zero-order valence-electron chi connectivity index (χ0n) is 12.3. The summed E-state index contributed by atoms with van der Waals surface area (Å²) in [5.41, 5.74) is 0. The van der Waals surface area contributed by atoms with Gasteiger partial charge in [0.1, 0.15) is 12.2 Å². The van der Waals surface area contributed by atoms with Gasteiger partial charge in [0, 0.05) is 6.04 Å². The van der Waals surface area contributed by atoms with Crippen LogP contribution in [-0.4, -0.2) is 39.7 Å². The summed E-state index contributed by atoms with van der Waals surface area (Å²) in [5, 5.41) is 7.32. The minimum absolute atomic E-state index is 0.0779. The molecule has 0 saturated carbocycles. The van der Waals surface area contributed by atoms with Crippen LogP contribution in [0.1, 0.15) is 40.4 Å². The van der Waals surface area contributed by atoms with E-state index in [4.69, 9.17) is 0 Å². The van der Waals surface area contributed by atoms with Gasteiger partial charge in [-0.1, -0.05) is 13.8 Å². The van der Waals surface area contributed by atoms with Crippen LogP contribution in [0.5, 0.6) is 0 Å². The molecule has 0 radical (unpaired) electrons. The van der Waals surface area contributed by atoms with Crippen molar-refractivity contribution in [3.8, 4) is 0 Å². The van der Waals surface area contributed by atoms with Crippen LogP contribution in [0.3, 0.4) is 0 Å². The second kappa shape index (κ2) is 6.00. The number of nitrogens with one attached hydrogen (secondary N) is 1. The van der Waals surface area contributed by atoms with E-state index >= 15 is 0 Å². The van der Waals surface area contributed by atoms with Gasteiger partial charge in [0.05, 0.1) is 23.6 Å². The standard InChI is InChI=1S/C12H24N4O2S/c1-10(2)13-8-11-14-9-15-16(11)6-7-19(17,18)12(3,4)5/h9-10,13H,6-8H2,1-5H3. The fourth-order valence-electron chi connectivity index (χ4n) is 1.42. The monoisotopic (exact) mass is 288 g/mol. The van der Waals surface area contributed by atoms with E-state index in [1.165, 1.54) is 6.33 Å². The lowest BCUT2D eigenvalue weighted by Gasteiger charge is -2.19. The van der Waals surface area contributed by atoms with Crippen LogP contribution in [0.25, 0.3) is 0 Å². The third-order valence-corrected chi connectivity index (χ3v) is 5.46. The fourth-order valence-corrected chi connectivity index (χ4v) is 2.45. The Morgan fingerprint density at radius 3 is 2.53 bits per heavy atom. The maximum Gasteiger partial charge on any atom is 0.157 e. The number of hydrogen-bond acceptors (Lipinski definition) is 5. The van der Waals surface area contributed by atoms with E-state index in [-0.39, 0.29) is 5.75 Å². The van der Waals surface area contributed by atoms with Crippen LogP contribution < -0.4 is 5.32 Å². The SMILES string of the molecule is CC(C)NCc1ncnn1CCS(=O)(=O)C(C)(C)C. The molecule has 0 aliphatic heterocycles. The lowest BCUT2D eigenvalue weighted by atomic mass is 10.3. The van der Waals surface area contributed by atoms with E-state index in [1.807, 2.05) is 13.8 Å². The maximum absolute atomic E-state index is 12.0. The third-order valence-electron chi connectivity index (χ3n) is 2.87. The van der Waals surface area contributed by atoms with E-state index in [2.05, 4.69) is 15.4 Å². The lowest BCUT2D eigenvalue weighted by molar-refractivity contribution is 0.521. The Kier molecular flexibility index (Phi) is 5.09. The van der Waals surface area contributed by atoms with E-state index in [0.29, 0.717) is 19.1 Å². The first-order valence-corrected chi connectivity index (χ1v) is 8.11. The zero-order valence-corrected chi connectivity index (χ0v) is 13.2. The van der Waals surface area contributed by atoms with Crippen LogP contribution in [0, 0.1) is 0 Å². The topological polar surface area (TPSA) is 76.9 Å². The summed E-state index contributed by atoms with van der Waals surface area (Å²) in [5.74, 6) is 0.840. The molecule has 1 aromatic heterocycles. The summed E-state index contributed by atoms with van der Waals surface area (Å²) in [6.45, 7) is 10.2. The third kappa shape index (κ3) is 4.58. The predicted octanol–water partition coefficient (Wildman–Crippen LogP) is 0.989. The highest BCUT2D eigenvalue weighted by atomic mass is 32.2. The van der Waals surface area contributed by atoms with Crippen LogP contribution in [0.4, 0.5) is 0 Å². The van der Waals surface area contributed by atoms with Crippen molar-refractivity contribution < 1.29 is 8.42 Å². The molecule has 110 valence electrons. The first-order chi connectivity index (χ1) is 8.63. The number of nitrogens with zero attached hydrogens (tertiary/aromatic N) is 3. The van der Waals surface area contributed by atoms with Crippen molar-refractivity contribution in [3.05, 3.63) is 12.2 Å². The summed E-state index contributed by atoms with van der Waals surface area (Å²) in [4.78, 5) is 4.15. The van der Waals surface area contributed by atoms with E-state index in [0.717, 1.165) is 5.82 Å². The molecule has 0 aliphatic carbocycles. The van der Waals surface area contributed by atoms with Gasteiger partial charge in [0.2, 0.25) is 0 Å². The van der Waals surface area contributed by atoms with Gasteiger partial charge in [-0.25, -0.2) is 18.1 Å². The van der Waals surface area contributed by atoms with Crippen molar-refractivity contribution in [2.45, 2.75) is 58.5 Å². The van der Waals surface area contributed by atoms with Crippen molar-refractivity contribution >= 4 is 9.84 Å². The second-order valence-electron chi connectivity index (χ2n) is 5.87. The molecule has 1 heterocycles. The van der Waals surface area contributed by atoms with Gasteiger partial charge in [-0.2, -0.15) is 5.10 Å². The van der Waals surface area contributed by atoms with Crippen molar-refractivity contribution in [1.29, 1.82) is 0 Å². The van der Waals surface area contributed by atoms with Gasteiger partial charge in [0.25, 0.3) is 0 Å². The molecule has 0 aromatic carbocycles. The van der Waals surface area contributed by atoms with Gasteiger partial charge in [-0.05, 0) is 20.8 Å². The number of aromatic nitrogens is 3. The first-order valence-electron chi connectivity index (χ1n) is 6.46. The molecule has 6 nitrogen and oxygen atoms in total. The lowest BCUT2D eigenvalue weighted by Crippen LogP contribution is -2.32. The molecule has 0 fully saturated rings. The molecule has 0 amide bonds. The van der Waals surface area contributed by atoms with Crippen molar-refractivity contribution in [3.63, 3.8) is 0 Å². The average Bonchev–Trinajstić information content (AvgIpc) is 2.69. The molecule has 0 saturated heterocycles. The molecular formula is C12H24N4O2S. The number of sulfone groups is 1. The molecule has 0 unspecified atom stereocenters. The molecule has 0 bridgehead atoms. The van der Waals surface area contributed by atoms with Crippen molar-refractivity contribution in [1.82, 2.24) is 20.1 Å². The zero-order chi connectivity index (χ0) is 14.7. The molecule has 0 atom stereocenters. The van der Waals surface area contributed by atoms with Crippen LogP contribution in [0.15, 0.2) is 6.33 Å². The highest BCUT2D eigenvalue weighted by molar-refractivity contribution is 7.92. The summed E-state index contributed by atoms with van der Waals surface area (Å²) < 4.78 is 25.0. The minimum Gasteiger partial charge on any atom is -0.308 e. The molecule has 1 aromatic rings. The van der Waals surface area contributed by atoms with Gasteiger partial charge >= 0.3 is 0 Å². The normalized spacial score (nSPS) is 13.2. The molecule has 0 aliphatic rings. The molecule has 19 heavy (non-hydrogen) atoms. The quantitative estimate of drug-likeness (QED) is 0.844. The predicted molar refractivity (Wildman–Crippen MR) is 75.5 cm³/mol. The van der Waals surface area contributed by atoms with E-state index in [1.54, 1.807) is 25.5 Å². The summed E-state index contributed by atoms with van der Waals surface area (Å²) >= 11 is 0. The average molecular weight is 288 g/mol. The molecule has 7 heteroatoms. The first kappa shape index (κ1) is 16.1. The number of rotatable bonds is 6. The van der Waals surface area contributed by atoms with E-state index < -0.39 is 14.6 Å². The highest BCUT2D eigenvalue weighted by Crippen LogP contribution is 2.16. The fraction of sp³-hybridized carbons (Fsp3) is 0.833. The Hall–Kier alpha value is -0.950. The molecular weight excluding hydrogens is 264 g/mol. The Morgan fingerprint density at radius 1 is 1.37 bits per heavy atom. The summed E-state index contributed by atoms with van der Waals surface area (Å²) in [7, 11) is -3.13. The van der Waals surface area contributed by atoms with Gasteiger partial charge in [0.15, 0.2) is 9.84 Å². The number of hydrogen-bond donors (Lipinski definition) is 1. The Labute approximate surface area is 115 Å². The second-order valence-corrected chi connectivity index (χ2v) is 8.73. The van der Waals surface area contributed by atoms with Crippen molar-refractivity contribution in [2.75, 3.05) is 5.75 Å². The Balaban J connectivity index is 2.67. The van der Waals surface area contributed by atoms with Gasteiger partial charge in [-0.3, -0.25) is 0 Å². The molecule has 1 N–H and O–H groups in total. The molecule has 1 rings (SSSR count). The summed E-state index contributed by atoms with van der Waals surface area (Å²) in [6.07, 6.45) is 1.46. The molecule has 0 spiro atoms. The van der Waals surface area contributed by atoms with Crippen molar-refractivity contribution in [2.24, 2.45) is 0 Å². The van der Waals surface area contributed by atoms with E-state index in [9.17, 15) is 8.42 Å². The largest absolute Gasteiger partial charge is 0.308 e. The van der Waals surface area contributed by atoms with Gasteiger partial charge in [-0.15, -0.1) is 0 Å². The Morgan fingerprint density at radius 2 is 2.00 bits per heavy atom. The number of aryl methyl sites for hydroxylation is 1. The minimum atomic E-state index is -3.13. The van der Waals surface area contributed by atoms with Crippen LogP contribution in [-0.2, 0) is 22.9 Å². The highest BCUT2D eigenvalue weighted by Gasteiger charge is 2.28. The maximum atomic E-state index is 12.0. The smallest absolute Gasteiger partial charge is 0.157 e.